The SMILES string of the molecule is Cc1cccc(-c2cccc3[cH-]c(C(C)C)cc23)c1C.Cc1cccc(-c2cccc3[cH-]c(C(C)C)cc23)c1C.[Cl][Zr][Cl].[c-]1cccc2c1[Si]c1ccccc1-2. The Balaban J connectivity index is 0.000000140. The molecule has 0 atom stereocenters. The molecule has 2 radical (unpaired) electrons. The van der Waals surface area contributed by atoms with E-state index in [9.17, 15) is 0 Å². The first-order chi connectivity index (χ1) is 27.0. The minimum atomic E-state index is -0.826. The van der Waals surface area contributed by atoms with E-state index in [-0.39, 0.29) is 0 Å². The van der Waals surface area contributed by atoms with Gasteiger partial charge in [0.05, 0.1) is 9.52 Å². The molecule has 4 heteroatoms. The van der Waals surface area contributed by atoms with Crippen molar-refractivity contribution in [2.75, 3.05) is 0 Å². The van der Waals surface area contributed by atoms with Crippen LogP contribution in [0.3, 0.4) is 0 Å². The molecule has 0 bridgehead atoms. The third-order valence-corrected chi connectivity index (χ3v) is 12.4. The molecule has 0 saturated carbocycles. The van der Waals surface area contributed by atoms with Crippen molar-refractivity contribution in [1.29, 1.82) is 0 Å². The third-order valence-electron chi connectivity index (χ3n) is 11.0. The van der Waals surface area contributed by atoms with E-state index in [1.165, 1.54) is 98.7 Å². The van der Waals surface area contributed by atoms with Crippen LogP contribution < -0.4 is 10.4 Å². The van der Waals surface area contributed by atoms with E-state index >= 15 is 0 Å². The molecule has 0 aromatic heterocycles. The summed E-state index contributed by atoms with van der Waals surface area (Å²) in [5.41, 5.74) is 16.5. The topological polar surface area (TPSA) is 0 Å². The van der Waals surface area contributed by atoms with Crippen molar-refractivity contribution in [2.24, 2.45) is 0 Å². The molecule has 8 aromatic rings. The van der Waals surface area contributed by atoms with Crippen LogP contribution in [0.1, 0.15) is 72.9 Å². The molecule has 0 fully saturated rings. The summed E-state index contributed by atoms with van der Waals surface area (Å²) in [4.78, 5) is 0. The van der Waals surface area contributed by atoms with E-state index in [0.717, 1.165) is 9.52 Å². The van der Waals surface area contributed by atoms with E-state index < -0.39 is 20.8 Å². The van der Waals surface area contributed by atoms with Gasteiger partial charge in [-0.1, -0.05) is 122 Å². The molecule has 0 spiro atoms. The van der Waals surface area contributed by atoms with Crippen molar-refractivity contribution in [3.05, 3.63) is 179 Å². The predicted octanol–water partition coefficient (Wildman–Crippen LogP) is 14.4. The first-order valence-electron chi connectivity index (χ1n) is 19.4. The molecule has 1 aliphatic heterocycles. The normalized spacial score (nSPS) is 11.3. The smallest absolute Gasteiger partial charge is 0.0920 e. The van der Waals surface area contributed by atoms with E-state index in [2.05, 4.69) is 195 Å². The summed E-state index contributed by atoms with van der Waals surface area (Å²) in [7, 11) is 10.7. The van der Waals surface area contributed by atoms with Gasteiger partial charge in [-0.25, -0.2) is 0 Å². The van der Waals surface area contributed by atoms with Gasteiger partial charge in [0.25, 0.3) is 0 Å². The zero-order chi connectivity index (χ0) is 39.9. The van der Waals surface area contributed by atoms with Gasteiger partial charge >= 0.3 is 37.9 Å². The second-order valence-corrected chi connectivity index (χ2v) is 20.2. The summed E-state index contributed by atoms with van der Waals surface area (Å²) < 4.78 is 0. The zero-order valence-electron chi connectivity index (χ0n) is 33.7. The van der Waals surface area contributed by atoms with Gasteiger partial charge in [0.1, 0.15) is 0 Å². The molecule has 0 N–H and O–H groups in total. The summed E-state index contributed by atoms with van der Waals surface area (Å²) in [6, 6.07) is 54.0. The van der Waals surface area contributed by atoms with Crippen molar-refractivity contribution >= 4 is 58.5 Å². The van der Waals surface area contributed by atoms with Gasteiger partial charge in [-0.15, -0.1) is 74.6 Å². The molecule has 0 nitrogen and oxygen atoms in total. The fraction of sp³-hybridized carbons (Fsp3) is 0.192. The Morgan fingerprint density at radius 3 is 1.45 bits per heavy atom. The summed E-state index contributed by atoms with van der Waals surface area (Å²) in [6.07, 6.45) is 0. The molecule has 0 aliphatic carbocycles. The third kappa shape index (κ3) is 9.33. The zero-order valence-corrected chi connectivity index (χ0v) is 38.7. The maximum Gasteiger partial charge on any atom is 0.0920 e. The minimum Gasteiger partial charge on any atom is -0.184 e. The summed E-state index contributed by atoms with van der Waals surface area (Å²) in [5.74, 6) is 1.16. The summed E-state index contributed by atoms with van der Waals surface area (Å²) in [6.45, 7) is 17.8. The van der Waals surface area contributed by atoms with Gasteiger partial charge in [0.2, 0.25) is 0 Å². The first kappa shape index (κ1) is 41.8. The van der Waals surface area contributed by atoms with Crippen molar-refractivity contribution in [3.8, 4) is 33.4 Å². The minimum absolute atomic E-state index is 0.578. The van der Waals surface area contributed by atoms with Gasteiger partial charge in [-0.3, -0.25) is 0 Å². The van der Waals surface area contributed by atoms with Crippen molar-refractivity contribution in [3.63, 3.8) is 0 Å². The average Bonchev–Trinajstić information content (AvgIpc) is 3.94. The maximum absolute atomic E-state index is 4.93. The van der Waals surface area contributed by atoms with Crippen LogP contribution >= 0.6 is 17.0 Å². The largest absolute Gasteiger partial charge is 0.184 e. The fourth-order valence-electron chi connectivity index (χ4n) is 7.46. The molecule has 0 unspecified atom stereocenters. The molecule has 0 amide bonds. The van der Waals surface area contributed by atoms with Crippen molar-refractivity contribution in [1.82, 2.24) is 0 Å². The number of benzene rings is 6. The van der Waals surface area contributed by atoms with Crippen LogP contribution in [-0.4, -0.2) is 9.52 Å². The Bertz CT molecular complexity index is 2390. The number of fused-ring (bicyclic) bond motifs is 5. The predicted molar refractivity (Wildman–Crippen MR) is 245 cm³/mol. The van der Waals surface area contributed by atoms with Crippen LogP contribution in [0.2, 0.25) is 0 Å². The Morgan fingerprint density at radius 1 is 0.518 bits per heavy atom. The Kier molecular flexibility index (Phi) is 14.3. The second-order valence-electron chi connectivity index (χ2n) is 15.2. The van der Waals surface area contributed by atoms with Crippen LogP contribution in [0.4, 0.5) is 0 Å². The van der Waals surface area contributed by atoms with E-state index in [1.807, 2.05) is 6.07 Å². The molecule has 0 saturated heterocycles. The maximum atomic E-state index is 4.93. The molecular formula is C52H49Cl2SiZr-3. The fourth-order valence-corrected chi connectivity index (χ4v) is 8.77. The van der Waals surface area contributed by atoms with Gasteiger partial charge in [0.15, 0.2) is 0 Å². The standard InChI is InChI=1S/2C20H21.C12H7Si.2ClH.Zr/c2*1-13(2)17-11-16-8-6-10-19(20(16)12-17)18-9-5-7-14(3)15(18)4;1-3-7-11-9(5-1)10-6-2-4-8-12(10)13-11;;;/h2*5-13H,1-4H3;1-7H;2*1H;/q3*-1;;;+2/p-2. The summed E-state index contributed by atoms with van der Waals surface area (Å²) in [5, 5.41) is 8.29. The van der Waals surface area contributed by atoms with Crippen molar-refractivity contribution < 1.29 is 20.8 Å². The number of halogens is 2. The van der Waals surface area contributed by atoms with Gasteiger partial charge in [-0.05, 0) is 72.9 Å². The number of hydrogen-bond acceptors (Lipinski definition) is 0. The van der Waals surface area contributed by atoms with E-state index in [1.54, 1.807) is 0 Å². The van der Waals surface area contributed by atoms with Gasteiger partial charge in [0, 0.05) is 0 Å². The average molecular weight is 864 g/mol. The van der Waals surface area contributed by atoms with Gasteiger partial charge < -0.3 is 0 Å². The number of rotatable bonds is 4. The first-order valence-corrected chi connectivity index (χ1v) is 26.7. The molecule has 1 aliphatic rings. The van der Waals surface area contributed by atoms with Crippen LogP contribution in [0.5, 0.6) is 0 Å². The number of aryl methyl sites for hydroxylation is 2. The quantitative estimate of drug-likeness (QED) is 0.122. The van der Waals surface area contributed by atoms with E-state index in [0.29, 0.717) is 11.8 Å². The Morgan fingerprint density at radius 2 is 0.946 bits per heavy atom. The molecule has 56 heavy (non-hydrogen) atoms. The monoisotopic (exact) mass is 861 g/mol. The second kappa shape index (κ2) is 19.1. The number of hydrogen-bond donors (Lipinski definition) is 0. The molecule has 1 heterocycles. The van der Waals surface area contributed by atoms with Crippen LogP contribution in [0, 0.1) is 33.8 Å². The van der Waals surface area contributed by atoms with Crippen molar-refractivity contribution in [2.45, 2.75) is 67.2 Å². The Labute approximate surface area is 356 Å². The Hall–Kier alpha value is -3.78. The molecule has 8 aromatic carbocycles. The van der Waals surface area contributed by atoms with E-state index in [4.69, 9.17) is 17.0 Å². The summed E-state index contributed by atoms with van der Waals surface area (Å²) >= 11 is -0.826. The van der Waals surface area contributed by atoms with Crippen LogP contribution in [-0.2, 0) is 20.8 Å². The van der Waals surface area contributed by atoms with Gasteiger partial charge in [-0.2, -0.15) is 41.6 Å². The molecule has 282 valence electrons. The van der Waals surface area contributed by atoms with Crippen LogP contribution in [0.25, 0.3) is 54.9 Å². The van der Waals surface area contributed by atoms with Crippen LogP contribution in [0.15, 0.2) is 140 Å². The molecular weight excluding hydrogens is 815 g/mol. The molecule has 9 rings (SSSR count).